The van der Waals surface area contributed by atoms with Crippen LogP contribution in [-0.4, -0.2) is 33.7 Å². The topological polar surface area (TPSA) is 83.0 Å². The summed E-state index contributed by atoms with van der Waals surface area (Å²) in [7, 11) is 1.32. The van der Waals surface area contributed by atoms with Crippen molar-refractivity contribution in [3.05, 3.63) is 34.5 Å². The van der Waals surface area contributed by atoms with Gasteiger partial charge >= 0.3 is 5.97 Å². The van der Waals surface area contributed by atoms with Gasteiger partial charge in [0.2, 0.25) is 5.28 Å². The van der Waals surface area contributed by atoms with Crippen molar-refractivity contribution < 1.29 is 9.53 Å². The van der Waals surface area contributed by atoms with Gasteiger partial charge in [-0.3, -0.25) is 0 Å². The van der Waals surface area contributed by atoms with Gasteiger partial charge in [0.1, 0.15) is 5.69 Å². The summed E-state index contributed by atoms with van der Waals surface area (Å²) >= 11 is 11.9. The molecule has 0 unspecified atom stereocenters. The molecule has 0 aromatic carbocycles. The number of carbonyl (C=O) groups excluding carboxylic acids is 1. The Kier molecular flexibility index (Phi) is 4.82. The average Bonchev–Trinajstić information content (AvgIpc) is 2.83. The number of carbonyl (C=O) groups is 1. The second-order valence-corrected chi connectivity index (χ2v) is 5.32. The van der Waals surface area contributed by atoms with Crippen molar-refractivity contribution in [3.63, 3.8) is 0 Å². The summed E-state index contributed by atoms with van der Waals surface area (Å²) in [4.78, 5) is 19.7. The molecule has 0 spiro atoms. The lowest BCUT2D eigenvalue weighted by molar-refractivity contribution is 0.0588. The van der Waals surface area contributed by atoms with Gasteiger partial charge in [0.15, 0.2) is 0 Å². The number of hydrogen-bond acceptors (Lipinski definition) is 5. The van der Waals surface area contributed by atoms with Crippen molar-refractivity contribution in [1.29, 1.82) is 0 Å². The Balaban J connectivity index is 2.52. The highest BCUT2D eigenvalue weighted by Gasteiger charge is 2.18. The van der Waals surface area contributed by atoms with E-state index in [4.69, 9.17) is 33.7 Å². The lowest BCUT2D eigenvalue weighted by Gasteiger charge is -2.09. The van der Waals surface area contributed by atoms with Crippen LogP contribution in [0, 0.1) is 0 Å². The van der Waals surface area contributed by atoms with Crippen LogP contribution < -0.4 is 5.73 Å². The van der Waals surface area contributed by atoms with E-state index in [9.17, 15) is 4.79 Å². The van der Waals surface area contributed by atoms with Gasteiger partial charge in [0, 0.05) is 24.3 Å². The zero-order valence-corrected chi connectivity index (χ0v) is 13.0. The van der Waals surface area contributed by atoms with Gasteiger partial charge in [0.05, 0.1) is 24.0 Å². The Morgan fingerprint density at radius 3 is 2.86 bits per heavy atom. The van der Waals surface area contributed by atoms with Crippen molar-refractivity contribution in [2.24, 2.45) is 5.73 Å². The third-order valence-electron chi connectivity index (χ3n) is 2.76. The van der Waals surface area contributed by atoms with Crippen molar-refractivity contribution in [2.75, 3.05) is 7.11 Å². The van der Waals surface area contributed by atoms with Crippen molar-refractivity contribution in [3.8, 4) is 11.3 Å². The van der Waals surface area contributed by atoms with Crippen LogP contribution in [-0.2, 0) is 11.3 Å². The molecular weight excluding hydrogens is 315 g/mol. The highest BCUT2D eigenvalue weighted by atomic mass is 35.5. The fourth-order valence-corrected chi connectivity index (χ4v) is 2.26. The summed E-state index contributed by atoms with van der Waals surface area (Å²) in [6.45, 7) is 2.30. The Morgan fingerprint density at radius 1 is 1.52 bits per heavy atom. The maximum atomic E-state index is 11.8. The molecule has 2 aromatic rings. The normalized spacial score (nSPS) is 12.2. The molecule has 2 rings (SSSR count). The van der Waals surface area contributed by atoms with Crippen molar-refractivity contribution in [2.45, 2.75) is 19.5 Å². The predicted molar refractivity (Wildman–Crippen MR) is 80.5 cm³/mol. The van der Waals surface area contributed by atoms with E-state index >= 15 is 0 Å². The first-order chi connectivity index (χ1) is 9.92. The summed E-state index contributed by atoms with van der Waals surface area (Å²) in [5, 5.41) is 0.419. The predicted octanol–water partition coefficient (Wildman–Crippen LogP) is 2.39. The standard InChI is InChI=1S/C13H14Cl2N4O2/c1-7(16)5-19-6-8(3-10(19)12(20)21-2)11-9(14)4-17-13(15)18-11/h3-4,6-7H,5,16H2,1-2H3/t7-/m1/s1. The summed E-state index contributed by atoms with van der Waals surface area (Å²) in [6, 6.07) is 1.51. The summed E-state index contributed by atoms with van der Waals surface area (Å²) in [5.74, 6) is -0.460. The maximum Gasteiger partial charge on any atom is 0.354 e. The van der Waals surface area contributed by atoms with E-state index in [0.29, 0.717) is 28.5 Å². The minimum absolute atomic E-state index is 0.0777. The van der Waals surface area contributed by atoms with E-state index in [1.807, 2.05) is 6.92 Å². The van der Waals surface area contributed by atoms with Crippen LogP contribution in [0.3, 0.4) is 0 Å². The van der Waals surface area contributed by atoms with E-state index in [1.165, 1.54) is 13.3 Å². The van der Waals surface area contributed by atoms with Gasteiger partial charge in [-0.25, -0.2) is 14.8 Å². The van der Waals surface area contributed by atoms with Crippen LogP contribution in [0.2, 0.25) is 10.3 Å². The number of rotatable bonds is 4. The molecule has 112 valence electrons. The lowest BCUT2D eigenvalue weighted by Crippen LogP contribution is -2.24. The van der Waals surface area contributed by atoms with Crippen LogP contribution in [0.25, 0.3) is 11.3 Å². The summed E-state index contributed by atoms with van der Waals surface area (Å²) in [6.07, 6.45) is 3.15. The quantitative estimate of drug-likeness (QED) is 0.688. The number of halogens is 2. The fraction of sp³-hybridized carbons (Fsp3) is 0.308. The maximum absolute atomic E-state index is 11.8. The highest BCUT2D eigenvalue weighted by molar-refractivity contribution is 6.33. The molecule has 0 amide bonds. The number of hydrogen-bond donors (Lipinski definition) is 1. The van der Waals surface area contributed by atoms with Crippen LogP contribution in [0.15, 0.2) is 18.5 Å². The van der Waals surface area contributed by atoms with E-state index in [0.717, 1.165) is 0 Å². The Bertz CT molecular complexity index is 670. The SMILES string of the molecule is COC(=O)c1cc(-c2nc(Cl)ncc2Cl)cn1C[C@@H](C)N. The van der Waals surface area contributed by atoms with Gasteiger partial charge in [-0.2, -0.15) is 0 Å². The van der Waals surface area contributed by atoms with E-state index in [1.54, 1.807) is 16.8 Å². The van der Waals surface area contributed by atoms with Crippen LogP contribution in [0.5, 0.6) is 0 Å². The second kappa shape index (κ2) is 6.43. The van der Waals surface area contributed by atoms with E-state index < -0.39 is 5.97 Å². The van der Waals surface area contributed by atoms with Gasteiger partial charge in [0.25, 0.3) is 0 Å². The molecule has 2 aromatic heterocycles. The Labute approximate surface area is 131 Å². The van der Waals surface area contributed by atoms with Gasteiger partial charge < -0.3 is 15.0 Å². The van der Waals surface area contributed by atoms with Gasteiger partial charge in [-0.15, -0.1) is 0 Å². The number of methoxy groups -OCH3 is 1. The largest absolute Gasteiger partial charge is 0.464 e. The van der Waals surface area contributed by atoms with E-state index in [-0.39, 0.29) is 11.3 Å². The minimum Gasteiger partial charge on any atom is -0.464 e. The molecule has 6 nitrogen and oxygen atoms in total. The Morgan fingerprint density at radius 2 is 2.24 bits per heavy atom. The molecule has 0 saturated carbocycles. The van der Waals surface area contributed by atoms with E-state index in [2.05, 4.69) is 9.97 Å². The molecular formula is C13H14Cl2N4O2. The van der Waals surface area contributed by atoms with Gasteiger partial charge in [-0.1, -0.05) is 11.6 Å². The monoisotopic (exact) mass is 328 g/mol. The van der Waals surface area contributed by atoms with Crippen LogP contribution in [0.1, 0.15) is 17.4 Å². The molecule has 2 heterocycles. The number of ether oxygens (including phenoxy) is 1. The molecule has 0 bridgehead atoms. The average molecular weight is 329 g/mol. The second-order valence-electron chi connectivity index (χ2n) is 4.57. The molecule has 0 aliphatic heterocycles. The lowest BCUT2D eigenvalue weighted by atomic mass is 10.2. The molecule has 0 saturated heterocycles. The van der Waals surface area contributed by atoms with Gasteiger partial charge in [-0.05, 0) is 24.6 Å². The van der Waals surface area contributed by atoms with Crippen molar-refractivity contribution >= 4 is 29.2 Å². The highest BCUT2D eigenvalue weighted by Crippen LogP contribution is 2.28. The first-order valence-corrected chi connectivity index (χ1v) is 6.90. The zero-order chi connectivity index (χ0) is 15.6. The first kappa shape index (κ1) is 15.8. The number of nitrogens with zero attached hydrogens (tertiary/aromatic N) is 3. The summed E-state index contributed by atoms with van der Waals surface area (Å²) < 4.78 is 6.48. The summed E-state index contributed by atoms with van der Waals surface area (Å²) in [5.41, 5.74) is 7.26. The molecule has 0 fully saturated rings. The fourth-order valence-electron chi connectivity index (χ4n) is 1.92. The first-order valence-electron chi connectivity index (χ1n) is 6.15. The zero-order valence-electron chi connectivity index (χ0n) is 11.5. The number of nitrogens with two attached hydrogens (primary N) is 1. The Hall–Kier alpha value is -1.63. The molecule has 1 atom stereocenters. The molecule has 0 aliphatic rings. The third-order valence-corrected chi connectivity index (χ3v) is 3.22. The van der Waals surface area contributed by atoms with Crippen LogP contribution in [0.4, 0.5) is 0 Å². The number of aromatic nitrogens is 3. The number of esters is 1. The molecule has 8 heteroatoms. The molecule has 2 N–H and O–H groups in total. The van der Waals surface area contributed by atoms with Crippen LogP contribution >= 0.6 is 23.2 Å². The third kappa shape index (κ3) is 3.53. The molecule has 0 aliphatic carbocycles. The molecule has 21 heavy (non-hydrogen) atoms. The minimum atomic E-state index is -0.460. The smallest absolute Gasteiger partial charge is 0.354 e. The molecule has 0 radical (unpaired) electrons. The van der Waals surface area contributed by atoms with Crippen molar-refractivity contribution in [1.82, 2.24) is 14.5 Å².